The first-order valence-electron chi connectivity index (χ1n) is 8.75. The fraction of sp³-hybridized carbons (Fsp3) is 0.368. The van der Waals surface area contributed by atoms with Gasteiger partial charge < -0.3 is 0 Å². The molecule has 27 heavy (non-hydrogen) atoms. The van der Waals surface area contributed by atoms with Crippen molar-refractivity contribution < 1.29 is 16.8 Å². The average molecular weight is 411 g/mol. The van der Waals surface area contributed by atoms with Crippen LogP contribution in [-0.4, -0.2) is 45.6 Å². The fourth-order valence-corrected chi connectivity index (χ4v) is 5.40. The predicted molar refractivity (Wildman–Crippen MR) is 106 cm³/mol. The summed E-state index contributed by atoms with van der Waals surface area (Å²) in [6.07, 6.45) is 0. The predicted octanol–water partition coefficient (Wildman–Crippen LogP) is 2.85. The molecule has 0 fully saturated rings. The molecule has 6 nitrogen and oxygen atoms in total. The van der Waals surface area contributed by atoms with Gasteiger partial charge in [-0.1, -0.05) is 38.1 Å². The molecule has 2 aromatic carbocycles. The van der Waals surface area contributed by atoms with Crippen molar-refractivity contribution in [3.8, 4) is 0 Å². The van der Waals surface area contributed by atoms with Crippen molar-refractivity contribution in [3.63, 3.8) is 0 Å². The minimum Gasteiger partial charge on any atom is -0.207 e. The molecule has 0 spiro atoms. The average Bonchev–Trinajstić information content (AvgIpc) is 2.64. The van der Waals surface area contributed by atoms with E-state index in [0.717, 1.165) is 11.1 Å². The summed E-state index contributed by atoms with van der Waals surface area (Å²) in [6.45, 7) is 6.42. The number of aryl methyl sites for hydroxylation is 1. The number of hydrogen-bond acceptors (Lipinski definition) is 4. The maximum Gasteiger partial charge on any atom is 0.243 e. The molecule has 0 unspecified atom stereocenters. The maximum absolute atomic E-state index is 12.8. The molecule has 0 saturated heterocycles. The molecule has 0 bridgehead atoms. The van der Waals surface area contributed by atoms with E-state index >= 15 is 0 Å². The molecule has 0 radical (unpaired) electrons. The molecular formula is C19H26N2O4S2. The van der Waals surface area contributed by atoms with Gasteiger partial charge in [0.2, 0.25) is 20.0 Å². The van der Waals surface area contributed by atoms with E-state index in [0.29, 0.717) is 13.1 Å². The van der Waals surface area contributed by atoms with Gasteiger partial charge in [-0.15, -0.1) is 0 Å². The van der Waals surface area contributed by atoms with E-state index < -0.39 is 20.0 Å². The van der Waals surface area contributed by atoms with E-state index in [4.69, 9.17) is 0 Å². The van der Waals surface area contributed by atoms with Gasteiger partial charge in [0.05, 0.1) is 9.79 Å². The highest BCUT2D eigenvalue weighted by Crippen LogP contribution is 2.22. The number of nitrogens with zero attached hydrogens (tertiary/aromatic N) is 2. The Labute approximate surface area is 162 Å². The van der Waals surface area contributed by atoms with Gasteiger partial charge >= 0.3 is 0 Å². The van der Waals surface area contributed by atoms with Crippen molar-refractivity contribution in [2.45, 2.75) is 37.1 Å². The fourth-order valence-electron chi connectivity index (χ4n) is 2.79. The second-order valence-corrected chi connectivity index (χ2v) is 10.2. The summed E-state index contributed by atoms with van der Waals surface area (Å²) in [4.78, 5) is 0.156. The zero-order chi connectivity index (χ0) is 20.2. The van der Waals surface area contributed by atoms with E-state index in [-0.39, 0.29) is 16.3 Å². The van der Waals surface area contributed by atoms with Crippen LogP contribution in [-0.2, 0) is 26.6 Å². The summed E-state index contributed by atoms with van der Waals surface area (Å²) in [5, 5.41) is 0. The van der Waals surface area contributed by atoms with Crippen molar-refractivity contribution in [3.05, 3.63) is 59.7 Å². The summed E-state index contributed by atoms with van der Waals surface area (Å²) in [5.74, 6) is 0. The van der Waals surface area contributed by atoms with E-state index in [1.807, 2.05) is 31.2 Å². The Bertz CT molecular complexity index is 981. The number of benzene rings is 2. The molecule has 0 heterocycles. The minimum absolute atomic E-state index is 0.0667. The zero-order valence-electron chi connectivity index (χ0n) is 16.1. The van der Waals surface area contributed by atoms with Gasteiger partial charge in [-0.25, -0.2) is 16.8 Å². The van der Waals surface area contributed by atoms with Gasteiger partial charge in [0.1, 0.15) is 0 Å². The van der Waals surface area contributed by atoms with Crippen LogP contribution in [0, 0.1) is 6.92 Å². The second-order valence-electron chi connectivity index (χ2n) is 6.25. The first-order valence-corrected chi connectivity index (χ1v) is 11.6. The number of rotatable bonds is 8. The van der Waals surface area contributed by atoms with Crippen LogP contribution in [0.3, 0.4) is 0 Å². The molecule has 0 aliphatic rings. The van der Waals surface area contributed by atoms with E-state index in [9.17, 15) is 16.8 Å². The van der Waals surface area contributed by atoms with Crippen molar-refractivity contribution in [1.82, 2.24) is 8.61 Å². The largest absolute Gasteiger partial charge is 0.243 e. The first kappa shape index (κ1) is 21.6. The van der Waals surface area contributed by atoms with Crippen molar-refractivity contribution >= 4 is 20.0 Å². The smallest absolute Gasteiger partial charge is 0.207 e. The lowest BCUT2D eigenvalue weighted by molar-refractivity contribution is 0.445. The Kier molecular flexibility index (Phi) is 6.80. The van der Waals surface area contributed by atoms with E-state index in [1.165, 1.54) is 39.9 Å². The lowest BCUT2D eigenvalue weighted by atomic mass is 10.1. The summed E-state index contributed by atoms with van der Waals surface area (Å²) >= 11 is 0. The Balaban J connectivity index is 2.28. The third kappa shape index (κ3) is 4.57. The van der Waals surface area contributed by atoms with Gasteiger partial charge in [0, 0.05) is 26.7 Å². The summed E-state index contributed by atoms with van der Waals surface area (Å²) in [6, 6.07) is 13.0. The summed E-state index contributed by atoms with van der Waals surface area (Å²) in [5.41, 5.74) is 1.93. The van der Waals surface area contributed by atoms with Crippen LogP contribution in [0.25, 0.3) is 0 Å². The molecule has 0 atom stereocenters. The second kappa shape index (κ2) is 8.52. The number of hydrogen-bond donors (Lipinski definition) is 0. The highest BCUT2D eigenvalue weighted by Gasteiger charge is 2.25. The molecule has 0 aliphatic carbocycles. The lowest BCUT2D eigenvalue weighted by Crippen LogP contribution is -2.30. The van der Waals surface area contributed by atoms with Crippen LogP contribution in [0.2, 0.25) is 0 Å². The normalized spacial score (nSPS) is 12.7. The summed E-state index contributed by atoms with van der Waals surface area (Å²) < 4.78 is 53.3. The molecule has 8 heteroatoms. The van der Waals surface area contributed by atoms with Crippen molar-refractivity contribution in [2.75, 3.05) is 20.1 Å². The standard InChI is InChI=1S/C19H26N2O4S2/c1-5-21(6-2)27(24,25)19-13-11-18(12-14-19)26(22,23)20(4)15-17-10-8-7-9-16(17)3/h7-14H,5-6,15H2,1-4H3. The third-order valence-electron chi connectivity index (χ3n) is 4.53. The first-order chi connectivity index (χ1) is 12.6. The molecule has 2 aromatic rings. The number of sulfonamides is 2. The molecular weight excluding hydrogens is 384 g/mol. The van der Waals surface area contributed by atoms with Gasteiger partial charge in [-0.3, -0.25) is 0 Å². The molecule has 0 N–H and O–H groups in total. The SMILES string of the molecule is CCN(CC)S(=O)(=O)c1ccc(S(=O)(=O)N(C)Cc2ccccc2C)cc1. The van der Waals surface area contributed by atoms with Crippen molar-refractivity contribution in [1.29, 1.82) is 0 Å². The molecule has 0 saturated carbocycles. The van der Waals surface area contributed by atoms with Gasteiger partial charge in [0.15, 0.2) is 0 Å². The zero-order valence-corrected chi connectivity index (χ0v) is 17.7. The van der Waals surface area contributed by atoms with Gasteiger partial charge in [-0.2, -0.15) is 8.61 Å². The van der Waals surface area contributed by atoms with E-state index in [1.54, 1.807) is 13.8 Å². The Morgan fingerprint density at radius 1 is 0.778 bits per heavy atom. The molecule has 2 rings (SSSR count). The lowest BCUT2D eigenvalue weighted by Gasteiger charge is -2.20. The minimum atomic E-state index is -3.72. The van der Waals surface area contributed by atoms with Crippen LogP contribution < -0.4 is 0 Å². The molecule has 0 aromatic heterocycles. The monoisotopic (exact) mass is 410 g/mol. The van der Waals surface area contributed by atoms with E-state index in [2.05, 4.69) is 0 Å². The molecule has 148 valence electrons. The quantitative estimate of drug-likeness (QED) is 0.671. The van der Waals surface area contributed by atoms with Crippen LogP contribution in [0.15, 0.2) is 58.3 Å². The molecule has 0 amide bonds. The summed E-state index contributed by atoms with van der Waals surface area (Å²) in [7, 11) is -5.82. The van der Waals surface area contributed by atoms with Gasteiger partial charge in [0.25, 0.3) is 0 Å². The highest BCUT2D eigenvalue weighted by molar-refractivity contribution is 7.89. The van der Waals surface area contributed by atoms with Crippen LogP contribution >= 0.6 is 0 Å². The van der Waals surface area contributed by atoms with Crippen LogP contribution in [0.4, 0.5) is 0 Å². The Morgan fingerprint density at radius 2 is 1.26 bits per heavy atom. The Morgan fingerprint density at radius 3 is 1.74 bits per heavy atom. The Hall–Kier alpha value is -1.74. The van der Waals surface area contributed by atoms with Crippen LogP contribution in [0.1, 0.15) is 25.0 Å². The molecule has 0 aliphatic heterocycles. The topological polar surface area (TPSA) is 74.8 Å². The highest BCUT2D eigenvalue weighted by atomic mass is 32.2. The maximum atomic E-state index is 12.8. The third-order valence-corrected chi connectivity index (χ3v) is 8.41. The van der Waals surface area contributed by atoms with Gasteiger partial charge in [-0.05, 0) is 42.3 Å². The van der Waals surface area contributed by atoms with Crippen molar-refractivity contribution in [2.24, 2.45) is 0 Å². The van der Waals surface area contributed by atoms with Crippen LogP contribution in [0.5, 0.6) is 0 Å².